The normalized spacial score (nSPS) is 15.7. The molecule has 1 heterocycles. The van der Waals surface area contributed by atoms with Gasteiger partial charge in [-0.15, -0.1) is 0 Å². The number of para-hydroxylation sites is 2. The van der Waals surface area contributed by atoms with Crippen LogP contribution < -0.4 is 20.3 Å². The number of fused-ring (bicyclic) bond motifs is 1. The number of ether oxygens (including phenoxy) is 1. The Morgan fingerprint density at radius 1 is 1.12 bits per heavy atom. The fourth-order valence-corrected chi connectivity index (χ4v) is 2.78. The maximum atomic E-state index is 12.3. The largest absolute Gasteiger partial charge is 0.477 e. The third-order valence-electron chi connectivity index (χ3n) is 4.07. The molecule has 0 aromatic heterocycles. The summed E-state index contributed by atoms with van der Waals surface area (Å²) in [4.78, 5) is 26.2. The van der Waals surface area contributed by atoms with Gasteiger partial charge in [0.2, 0.25) is 5.91 Å². The molecule has 0 saturated carbocycles. The summed E-state index contributed by atoms with van der Waals surface area (Å²) in [5, 5.41) is 5.51. The van der Waals surface area contributed by atoms with Gasteiger partial charge in [-0.25, -0.2) is 0 Å². The molecule has 6 heteroatoms. The Morgan fingerprint density at radius 3 is 2.60 bits per heavy atom. The molecule has 25 heavy (non-hydrogen) atoms. The molecule has 6 nitrogen and oxygen atoms in total. The van der Waals surface area contributed by atoms with Gasteiger partial charge in [0.1, 0.15) is 5.75 Å². The summed E-state index contributed by atoms with van der Waals surface area (Å²) in [6, 6.07) is 17.2. The van der Waals surface area contributed by atoms with Gasteiger partial charge >= 0.3 is 0 Å². The van der Waals surface area contributed by atoms with E-state index in [1.54, 1.807) is 13.1 Å². The van der Waals surface area contributed by atoms with E-state index in [0.29, 0.717) is 18.8 Å². The molecule has 0 radical (unpaired) electrons. The van der Waals surface area contributed by atoms with Gasteiger partial charge in [0.05, 0.1) is 18.8 Å². The molecule has 1 atom stereocenters. The highest BCUT2D eigenvalue weighted by molar-refractivity contribution is 5.86. The second-order valence-electron chi connectivity index (χ2n) is 5.83. The second-order valence-corrected chi connectivity index (χ2v) is 5.83. The van der Waals surface area contributed by atoms with E-state index in [-0.39, 0.29) is 18.4 Å². The summed E-state index contributed by atoms with van der Waals surface area (Å²) in [5.74, 6) is 0.304. The van der Waals surface area contributed by atoms with Gasteiger partial charge in [-0.2, -0.15) is 0 Å². The van der Waals surface area contributed by atoms with E-state index in [1.807, 2.05) is 53.4 Å². The van der Waals surface area contributed by atoms with Crippen LogP contribution in [-0.4, -0.2) is 38.1 Å². The van der Waals surface area contributed by atoms with Crippen LogP contribution in [0.2, 0.25) is 0 Å². The van der Waals surface area contributed by atoms with Crippen LogP contribution in [0.5, 0.6) is 5.75 Å². The van der Waals surface area contributed by atoms with Crippen molar-refractivity contribution in [2.24, 2.45) is 0 Å². The van der Waals surface area contributed by atoms with Crippen molar-refractivity contribution in [2.45, 2.75) is 12.6 Å². The van der Waals surface area contributed by atoms with Gasteiger partial charge in [0, 0.05) is 13.6 Å². The molecule has 0 saturated heterocycles. The summed E-state index contributed by atoms with van der Waals surface area (Å²) in [6.45, 7) is 0.973. The van der Waals surface area contributed by atoms with Crippen LogP contribution in [0.25, 0.3) is 0 Å². The minimum atomic E-state index is -0.637. The van der Waals surface area contributed by atoms with E-state index in [9.17, 15) is 9.59 Å². The minimum absolute atomic E-state index is 0.101. The van der Waals surface area contributed by atoms with Crippen molar-refractivity contribution in [3.8, 4) is 5.75 Å². The Hall–Kier alpha value is -3.02. The maximum absolute atomic E-state index is 12.3. The van der Waals surface area contributed by atoms with Crippen LogP contribution in [0.3, 0.4) is 0 Å². The lowest BCUT2D eigenvalue weighted by Gasteiger charge is -2.35. The zero-order valence-corrected chi connectivity index (χ0v) is 14.1. The predicted molar refractivity (Wildman–Crippen MR) is 95.4 cm³/mol. The monoisotopic (exact) mass is 339 g/mol. The molecule has 0 aliphatic carbocycles. The molecule has 2 aromatic rings. The molecular formula is C19H21N3O3. The molecule has 2 aromatic carbocycles. The van der Waals surface area contributed by atoms with Gasteiger partial charge in [-0.3, -0.25) is 9.59 Å². The van der Waals surface area contributed by atoms with E-state index in [1.165, 1.54) is 0 Å². The lowest BCUT2D eigenvalue weighted by molar-refractivity contribution is -0.127. The Morgan fingerprint density at radius 2 is 1.84 bits per heavy atom. The summed E-state index contributed by atoms with van der Waals surface area (Å²) in [6.07, 6.45) is -0.637. The number of nitrogens with zero attached hydrogens (tertiary/aromatic N) is 1. The fraction of sp³-hybridized carbons (Fsp3) is 0.263. The Labute approximate surface area is 146 Å². The summed E-state index contributed by atoms with van der Waals surface area (Å²) in [5.41, 5.74) is 1.86. The molecular weight excluding hydrogens is 318 g/mol. The van der Waals surface area contributed by atoms with E-state index in [4.69, 9.17) is 4.74 Å². The Kier molecular flexibility index (Phi) is 5.18. The summed E-state index contributed by atoms with van der Waals surface area (Å²) >= 11 is 0. The van der Waals surface area contributed by atoms with Gasteiger partial charge in [-0.05, 0) is 17.7 Å². The lowest BCUT2D eigenvalue weighted by Crippen LogP contribution is -2.50. The Bertz CT molecular complexity index is 749. The molecule has 0 unspecified atom stereocenters. The first kappa shape index (κ1) is 16.8. The number of anilines is 1. The molecule has 3 rings (SSSR count). The topological polar surface area (TPSA) is 70.7 Å². The Balaban J connectivity index is 1.67. The number of amides is 2. The van der Waals surface area contributed by atoms with Crippen molar-refractivity contribution in [3.63, 3.8) is 0 Å². The highest BCUT2D eigenvalue weighted by atomic mass is 16.5. The second kappa shape index (κ2) is 7.70. The summed E-state index contributed by atoms with van der Waals surface area (Å²) in [7, 11) is 1.57. The molecule has 1 aliphatic heterocycles. The maximum Gasteiger partial charge on any atom is 0.262 e. The average molecular weight is 339 g/mol. The molecule has 2 amide bonds. The van der Waals surface area contributed by atoms with Crippen LogP contribution in [0.4, 0.5) is 5.69 Å². The number of likely N-dealkylation sites (N-methyl/N-ethyl adjacent to an activating group) is 1. The molecule has 1 aliphatic rings. The van der Waals surface area contributed by atoms with Crippen LogP contribution >= 0.6 is 0 Å². The first-order chi connectivity index (χ1) is 12.2. The van der Waals surface area contributed by atoms with Crippen molar-refractivity contribution in [2.75, 3.05) is 25.0 Å². The zero-order valence-electron chi connectivity index (χ0n) is 14.1. The highest BCUT2D eigenvalue weighted by Crippen LogP contribution is 2.32. The first-order valence-electron chi connectivity index (χ1n) is 8.20. The lowest BCUT2D eigenvalue weighted by atomic mass is 10.1. The average Bonchev–Trinajstić information content (AvgIpc) is 2.66. The first-order valence-corrected chi connectivity index (χ1v) is 8.20. The van der Waals surface area contributed by atoms with Crippen LogP contribution in [0.1, 0.15) is 5.56 Å². The van der Waals surface area contributed by atoms with E-state index >= 15 is 0 Å². The number of carbonyl (C=O) groups excluding carboxylic acids is 2. The zero-order chi connectivity index (χ0) is 17.6. The number of carbonyl (C=O) groups is 2. The van der Waals surface area contributed by atoms with Gasteiger partial charge < -0.3 is 20.3 Å². The van der Waals surface area contributed by atoms with Crippen molar-refractivity contribution in [1.29, 1.82) is 0 Å². The SMILES string of the molecule is CNC(=O)[C@H]1CN(CC(=O)NCc2ccccc2)c2ccccc2O1. The van der Waals surface area contributed by atoms with Crippen molar-refractivity contribution < 1.29 is 14.3 Å². The van der Waals surface area contributed by atoms with Crippen LogP contribution in [-0.2, 0) is 16.1 Å². The van der Waals surface area contributed by atoms with E-state index in [0.717, 1.165) is 11.3 Å². The number of hydrogen-bond acceptors (Lipinski definition) is 4. The number of benzene rings is 2. The van der Waals surface area contributed by atoms with Gasteiger partial charge in [0.25, 0.3) is 5.91 Å². The van der Waals surface area contributed by atoms with Gasteiger partial charge in [0.15, 0.2) is 6.10 Å². The third-order valence-corrected chi connectivity index (χ3v) is 4.07. The minimum Gasteiger partial charge on any atom is -0.477 e. The highest BCUT2D eigenvalue weighted by Gasteiger charge is 2.30. The quantitative estimate of drug-likeness (QED) is 0.862. The molecule has 0 spiro atoms. The van der Waals surface area contributed by atoms with E-state index < -0.39 is 6.10 Å². The standard InChI is InChI=1S/C19H21N3O3/c1-20-19(24)17-12-22(15-9-5-6-10-16(15)25-17)13-18(23)21-11-14-7-3-2-4-8-14/h2-10,17H,11-13H2,1H3,(H,20,24)(H,21,23)/t17-/m1/s1. The number of hydrogen-bond donors (Lipinski definition) is 2. The van der Waals surface area contributed by atoms with Gasteiger partial charge in [-0.1, -0.05) is 42.5 Å². The molecule has 2 N–H and O–H groups in total. The predicted octanol–water partition coefficient (Wildman–Crippen LogP) is 1.32. The van der Waals surface area contributed by atoms with E-state index in [2.05, 4.69) is 10.6 Å². The smallest absolute Gasteiger partial charge is 0.262 e. The number of nitrogens with one attached hydrogen (secondary N) is 2. The van der Waals surface area contributed by atoms with Crippen LogP contribution in [0.15, 0.2) is 54.6 Å². The van der Waals surface area contributed by atoms with Crippen LogP contribution in [0, 0.1) is 0 Å². The molecule has 0 bridgehead atoms. The van der Waals surface area contributed by atoms with Crippen molar-refractivity contribution in [3.05, 3.63) is 60.2 Å². The van der Waals surface area contributed by atoms with Crippen molar-refractivity contribution in [1.82, 2.24) is 10.6 Å². The molecule has 130 valence electrons. The number of rotatable bonds is 5. The molecule has 0 fully saturated rings. The van der Waals surface area contributed by atoms with Crippen molar-refractivity contribution >= 4 is 17.5 Å². The fourth-order valence-electron chi connectivity index (χ4n) is 2.78. The summed E-state index contributed by atoms with van der Waals surface area (Å²) < 4.78 is 5.74. The third kappa shape index (κ3) is 4.09.